The summed E-state index contributed by atoms with van der Waals surface area (Å²) in [5.74, 6) is 0.794. The lowest BCUT2D eigenvalue weighted by Crippen LogP contribution is -2.31. The fraction of sp³-hybridized carbons (Fsp3) is 0.200. The molecule has 1 aliphatic rings. The molecule has 0 spiro atoms. The molecule has 0 aliphatic carbocycles. The molecular weight excluding hydrogens is 224 g/mol. The van der Waals surface area contributed by atoms with E-state index in [4.69, 9.17) is 0 Å². The smallest absolute Gasteiger partial charge is 0.153 e. The molecule has 3 rings (SSSR count). The summed E-state index contributed by atoms with van der Waals surface area (Å²) in [7, 11) is 0. The Morgan fingerprint density at radius 2 is 1.94 bits per heavy atom. The van der Waals surface area contributed by atoms with E-state index >= 15 is 0 Å². The van der Waals surface area contributed by atoms with Crippen LogP contribution in [0.15, 0.2) is 42.6 Å². The van der Waals surface area contributed by atoms with E-state index in [2.05, 4.69) is 34.1 Å². The van der Waals surface area contributed by atoms with Gasteiger partial charge in [0.1, 0.15) is 5.82 Å². The van der Waals surface area contributed by atoms with Crippen LogP contribution in [0.25, 0.3) is 0 Å². The Labute approximate surface area is 106 Å². The zero-order chi connectivity index (χ0) is 12.4. The lowest BCUT2D eigenvalue weighted by Gasteiger charge is -2.30. The number of pyridine rings is 1. The molecule has 90 valence electrons. The van der Waals surface area contributed by atoms with E-state index in [0.29, 0.717) is 5.56 Å². The maximum Gasteiger partial charge on any atom is 0.153 e. The summed E-state index contributed by atoms with van der Waals surface area (Å²) >= 11 is 0. The van der Waals surface area contributed by atoms with Crippen LogP contribution >= 0.6 is 0 Å². The van der Waals surface area contributed by atoms with Crippen LogP contribution in [0.2, 0.25) is 0 Å². The van der Waals surface area contributed by atoms with Gasteiger partial charge in [0, 0.05) is 19.3 Å². The molecule has 0 fully saturated rings. The van der Waals surface area contributed by atoms with E-state index in [1.54, 1.807) is 12.3 Å². The van der Waals surface area contributed by atoms with Gasteiger partial charge in [0.2, 0.25) is 0 Å². The van der Waals surface area contributed by atoms with Crippen molar-refractivity contribution in [2.24, 2.45) is 0 Å². The number of aromatic nitrogens is 1. The van der Waals surface area contributed by atoms with Gasteiger partial charge in [-0.15, -0.1) is 0 Å². The molecule has 1 aromatic heterocycles. The van der Waals surface area contributed by atoms with Gasteiger partial charge in [-0.3, -0.25) is 4.79 Å². The predicted molar refractivity (Wildman–Crippen MR) is 70.8 cm³/mol. The molecule has 0 atom stereocenters. The van der Waals surface area contributed by atoms with Crippen LogP contribution in [-0.4, -0.2) is 17.8 Å². The van der Waals surface area contributed by atoms with Gasteiger partial charge in [-0.05, 0) is 29.7 Å². The summed E-state index contributed by atoms with van der Waals surface area (Å²) in [5, 5.41) is 0. The van der Waals surface area contributed by atoms with Crippen molar-refractivity contribution in [1.82, 2.24) is 4.98 Å². The maximum atomic E-state index is 11.0. The van der Waals surface area contributed by atoms with Gasteiger partial charge < -0.3 is 4.90 Å². The number of benzene rings is 1. The first kappa shape index (κ1) is 11.0. The molecule has 0 unspecified atom stereocenters. The summed E-state index contributed by atoms with van der Waals surface area (Å²) < 4.78 is 0. The number of fused-ring (bicyclic) bond motifs is 1. The molecule has 2 aromatic rings. The molecule has 1 aliphatic heterocycles. The van der Waals surface area contributed by atoms with E-state index in [9.17, 15) is 4.79 Å². The first-order valence-corrected chi connectivity index (χ1v) is 6.10. The minimum Gasteiger partial charge on any atom is -0.351 e. The van der Waals surface area contributed by atoms with Gasteiger partial charge in [0.15, 0.2) is 6.29 Å². The molecule has 0 amide bonds. The zero-order valence-electron chi connectivity index (χ0n) is 10.0. The Bertz CT molecular complexity index is 580. The van der Waals surface area contributed by atoms with E-state index in [-0.39, 0.29) is 0 Å². The third-order valence-electron chi connectivity index (χ3n) is 3.37. The van der Waals surface area contributed by atoms with Crippen molar-refractivity contribution in [2.75, 3.05) is 11.4 Å². The number of nitrogens with zero attached hydrogens (tertiary/aromatic N) is 2. The normalized spacial score (nSPS) is 14.1. The average molecular weight is 238 g/mol. The predicted octanol–water partition coefficient (Wildman–Crippen LogP) is 2.46. The average Bonchev–Trinajstić information content (AvgIpc) is 2.46. The summed E-state index contributed by atoms with van der Waals surface area (Å²) in [4.78, 5) is 17.6. The van der Waals surface area contributed by atoms with Crippen LogP contribution < -0.4 is 4.90 Å². The molecule has 0 saturated carbocycles. The van der Waals surface area contributed by atoms with Gasteiger partial charge in [-0.25, -0.2) is 4.98 Å². The standard InChI is InChI=1S/C15H14N2O/c18-11-14-6-3-8-16-15(14)17-9-7-12-4-1-2-5-13(12)10-17/h1-6,8,11H,7,9-10H2. The Balaban J connectivity index is 1.94. The molecule has 3 nitrogen and oxygen atoms in total. The second kappa shape index (κ2) is 4.61. The number of aldehydes is 1. The quantitative estimate of drug-likeness (QED) is 0.753. The number of hydrogen-bond donors (Lipinski definition) is 0. The summed E-state index contributed by atoms with van der Waals surface area (Å²) in [6.45, 7) is 1.74. The highest BCUT2D eigenvalue weighted by Crippen LogP contribution is 2.24. The van der Waals surface area contributed by atoms with E-state index in [1.165, 1.54) is 11.1 Å². The first-order chi connectivity index (χ1) is 8.88. The number of hydrogen-bond acceptors (Lipinski definition) is 3. The van der Waals surface area contributed by atoms with Crippen LogP contribution in [0.4, 0.5) is 5.82 Å². The molecule has 0 saturated heterocycles. The lowest BCUT2D eigenvalue weighted by molar-refractivity contribution is 0.112. The van der Waals surface area contributed by atoms with Crippen LogP contribution in [0.1, 0.15) is 21.5 Å². The van der Waals surface area contributed by atoms with E-state index < -0.39 is 0 Å². The minimum absolute atomic E-state index is 0.664. The number of carbonyl (C=O) groups is 1. The van der Waals surface area contributed by atoms with Gasteiger partial charge in [-0.1, -0.05) is 24.3 Å². The summed E-state index contributed by atoms with van der Waals surface area (Å²) in [6, 6.07) is 12.1. The Kier molecular flexibility index (Phi) is 2.81. The van der Waals surface area contributed by atoms with Gasteiger partial charge in [0.05, 0.1) is 5.56 Å². The fourth-order valence-electron chi connectivity index (χ4n) is 2.44. The number of carbonyl (C=O) groups excluding carboxylic acids is 1. The Hall–Kier alpha value is -2.16. The molecule has 0 radical (unpaired) electrons. The minimum atomic E-state index is 0.664. The van der Waals surface area contributed by atoms with Gasteiger partial charge in [0.25, 0.3) is 0 Å². The highest BCUT2D eigenvalue weighted by Gasteiger charge is 2.18. The van der Waals surface area contributed by atoms with Crippen LogP contribution in [0.3, 0.4) is 0 Å². The number of anilines is 1. The van der Waals surface area contributed by atoms with Crippen molar-refractivity contribution in [3.05, 3.63) is 59.3 Å². The van der Waals surface area contributed by atoms with E-state index in [0.717, 1.165) is 31.6 Å². The third kappa shape index (κ3) is 1.88. The van der Waals surface area contributed by atoms with Crippen molar-refractivity contribution in [3.8, 4) is 0 Å². The lowest BCUT2D eigenvalue weighted by atomic mass is 10.00. The topological polar surface area (TPSA) is 33.2 Å². The molecule has 0 N–H and O–H groups in total. The number of rotatable bonds is 2. The van der Waals surface area contributed by atoms with Crippen LogP contribution in [0.5, 0.6) is 0 Å². The zero-order valence-corrected chi connectivity index (χ0v) is 10.0. The fourth-order valence-corrected chi connectivity index (χ4v) is 2.44. The van der Waals surface area contributed by atoms with Crippen LogP contribution in [0, 0.1) is 0 Å². The molecule has 2 heterocycles. The van der Waals surface area contributed by atoms with Crippen molar-refractivity contribution < 1.29 is 4.79 Å². The van der Waals surface area contributed by atoms with Crippen molar-refractivity contribution in [1.29, 1.82) is 0 Å². The molecule has 18 heavy (non-hydrogen) atoms. The monoisotopic (exact) mass is 238 g/mol. The third-order valence-corrected chi connectivity index (χ3v) is 3.37. The SMILES string of the molecule is O=Cc1cccnc1N1CCc2ccccc2C1. The second-order valence-corrected chi connectivity index (χ2v) is 4.47. The largest absolute Gasteiger partial charge is 0.351 e. The summed E-state index contributed by atoms with van der Waals surface area (Å²) in [5.41, 5.74) is 3.39. The van der Waals surface area contributed by atoms with Gasteiger partial charge >= 0.3 is 0 Å². The van der Waals surface area contributed by atoms with Crippen LogP contribution in [-0.2, 0) is 13.0 Å². The van der Waals surface area contributed by atoms with Crippen molar-refractivity contribution in [2.45, 2.75) is 13.0 Å². The second-order valence-electron chi connectivity index (χ2n) is 4.47. The van der Waals surface area contributed by atoms with Gasteiger partial charge in [-0.2, -0.15) is 0 Å². The van der Waals surface area contributed by atoms with Crippen molar-refractivity contribution in [3.63, 3.8) is 0 Å². The Morgan fingerprint density at radius 1 is 1.11 bits per heavy atom. The first-order valence-electron chi connectivity index (χ1n) is 6.10. The summed E-state index contributed by atoms with van der Waals surface area (Å²) in [6.07, 6.45) is 3.62. The molecular formula is C15H14N2O. The molecule has 0 bridgehead atoms. The molecule has 3 heteroatoms. The molecule has 1 aromatic carbocycles. The van der Waals surface area contributed by atoms with E-state index in [1.807, 2.05) is 6.07 Å². The highest BCUT2D eigenvalue weighted by atomic mass is 16.1. The Morgan fingerprint density at radius 3 is 2.78 bits per heavy atom. The maximum absolute atomic E-state index is 11.0. The highest BCUT2D eigenvalue weighted by molar-refractivity contribution is 5.82. The van der Waals surface area contributed by atoms with Crippen molar-refractivity contribution >= 4 is 12.1 Å².